The van der Waals surface area contributed by atoms with Gasteiger partial charge in [-0.1, -0.05) is 59.2 Å². The Morgan fingerprint density at radius 2 is 1.48 bits per heavy atom. The van der Waals surface area contributed by atoms with Crippen LogP contribution in [0.3, 0.4) is 0 Å². The van der Waals surface area contributed by atoms with E-state index in [0.717, 1.165) is 12.0 Å². The minimum absolute atomic E-state index is 0.0551. The largest absolute Gasteiger partial charge is 0.395 e. The van der Waals surface area contributed by atoms with Crippen molar-refractivity contribution in [2.45, 2.75) is 32.6 Å². The normalized spacial score (nSPS) is 14.0. The number of aryl methyl sites for hydroxylation is 3. The van der Waals surface area contributed by atoms with E-state index in [9.17, 15) is 5.11 Å². The lowest BCUT2D eigenvalue weighted by Gasteiger charge is -2.31. The van der Waals surface area contributed by atoms with Gasteiger partial charge in [0.25, 0.3) is 0 Å². The molecule has 1 atom stereocenters. The summed E-state index contributed by atoms with van der Waals surface area (Å²) in [4.78, 5) is 0. The number of rotatable bonds is 5. The lowest BCUT2D eigenvalue weighted by atomic mass is 9.75. The van der Waals surface area contributed by atoms with Crippen LogP contribution in [0.2, 0.25) is 0 Å². The van der Waals surface area contributed by atoms with E-state index in [4.69, 9.17) is 5.73 Å². The van der Waals surface area contributed by atoms with Gasteiger partial charge in [0.1, 0.15) is 0 Å². The maximum absolute atomic E-state index is 10.0. The van der Waals surface area contributed by atoms with Crippen molar-refractivity contribution in [2.24, 2.45) is 5.73 Å². The second-order valence-electron chi connectivity index (χ2n) is 6.18. The molecule has 3 N–H and O–H groups in total. The third-order valence-electron chi connectivity index (χ3n) is 4.18. The van der Waals surface area contributed by atoms with E-state index < -0.39 is 5.41 Å². The second kappa shape index (κ2) is 6.42. The molecule has 2 rings (SSSR count). The molecule has 0 heterocycles. The van der Waals surface area contributed by atoms with Crippen LogP contribution in [0.5, 0.6) is 0 Å². The van der Waals surface area contributed by atoms with Crippen LogP contribution in [-0.4, -0.2) is 18.3 Å². The average molecular weight is 283 g/mol. The quantitative estimate of drug-likeness (QED) is 0.886. The molecule has 0 bridgehead atoms. The molecule has 0 amide bonds. The van der Waals surface area contributed by atoms with Gasteiger partial charge in [-0.2, -0.15) is 0 Å². The van der Waals surface area contributed by atoms with Gasteiger partial charge in [-0.3, -0.25) is 0 Å². The summed E-state index contributed by atoms with van der Waals surface area (Å²) >= 11 is 0. The van der Waals surface area contributed by atoms with Crippen LogP contribution in [0.4, 0.5) is 0 Å². The molecular weight excluding hydrogens is 258 g/mol. The van der Waals surface area contributed by atoms with Gasteiger partial charge in [-0.25, -0.2) is 0 Å². The zero-order chi connectivity index (χ0) is 15.5. The summed E-state index contributed by atoms with van der Waals surface area (Å²) in [5.74, 6) is 0. The van der Waals surface area contributed by atoms with Crippen molar-refractivity contribution in [1.82, 2.24) is 0 Å². The summed E-state index contributed by atoms with van der Waals surface area (Å²) in [6.45, 7) is 6.76. The molecule has 2 nitrogen and oxygen atoms in total. The van der Waals surface area contributed by atoms with Crippen molar-refractivity contribution < 1.29 is 5.11 Å². The Bertz CT molecular complexity index is 577. The van der Waals surface area contributed by atoms with Crippen LogP contribution in [-0.2, 0) is 11.8 Å². The first-order valence-corrected chi connectivity index (χ1v) is 7.44. The number of aliphatic hydroxyl groups is 1. The average Bonchev–Trinajstić information content (AvgIpc) is 2.45. The third-order valence-corrected chi connectivity index (χ3v) is 4.18. The van der Waals surface area contributed by atoms with E-state index >= 15 is 0 Å². The highest BCUT2D eigenvalue weighted by Crippen LogP contribution is 2.28. The zero-order valence-electron chi connectivity index (χ0n) is 13.2. The molecule has 0 saturated carbocycles. The summed E-state index contributed by atoms with van der Waals surface area (Å²) in [5.41, 5.74) is 11.7. The van der Waals surface area contributed by atoms with Crippen molar-refractivity contribution in [3.63, 3.8) is 0 Å². The van der Waals surface area contributed by atoms with Crippen molar-refractivity contribution >= 4 is 0 Å². The lowest BCUT2D eigenvalue weighted by molar-refractivity contribution is 0.196. The van der Waals surface area contributed by atoms with Crippen molar-refractivity contribution in [3.05, 3.63) is 70.3 Å². The maximum Gasteiger partial charge on any atom is 0.0543 e. The van der Waals surface area contributed by atoms with E-state index in [-0.39, 0.29) is 6.61 Å². The van der Waals surface area contributed by atoms with Gasteiger partial charge in [-0.15, -0.1) is 0 Å². The zero-order valence-corrected chi connectivity index (χ0v) is 13.2. The number of hydrogen-bond acceptors (Lipinski definition) is 2. The molecule has 0 aliphatic heterocycles. The van der Waals surface area contributed by atoms with Crippen LogP contribution in [0.1, 0.15) is 27.8 Å². The van der Waals surface area contributed by atoms with Gasteiger partial charge in [0.15, 0.2) is 0 Å². The van der Waals surface area contributed by atoms with Crippen LogP contribution in [0.15, 0.2) is 42.5 Å². The lowest BCUT2D eigenvalue weighted by Crippen LogP contribution is -2.41. The van der Waals surface area contributed by atoms with Crippen molar-refractivity contribution in [3.8, 4) is 0 Å². The number of hydrogen-bond donors (Lipinski definition) is 2. The molecule has 21 heavy (non-hydrogen) atoms. The van der Waals surface area contributed by atoms with Gasteiger partial charge in [-0.05, 0) is 38.3 Å². The SMILES string of the molecule is Cc1ccc(C(CN)(CO)Cc2cc(C)cc(C)c2)cc1. The molecule has 0 fully saturated rings. The van der Waals surface area contributed by atoms with E-state index in [1.807, 2.05) is 0 Å². The Morgan fingerprint density at radius 1 is 0.905 bits per heavy atom. The fourth-order valence-corrected chi connectivity index (χ4v) is 2.97. The van der Waals surface area contributed by atoms with Crippen molar-refractivity contribution in [2.75, 3.05) is 13.2 Å². The summed E-state index contributed by atoms with van der Waals surface area (Å²) in [5, 5.41) is 10.0. The molecule has 2 aromatic carbocycles. The molecule has 0 aliphatic carbocycles. The van der Waals surface area contributed by atoms with Crippen LogP contribution >= 0.6 is 0 Å². The maximum atomic E-state index is 10.0. The van der Waals surface area contributed by atoms with Crippen LogP contribution in [0.25, 0.3) is 0 Å². The van der Waals surface area contributed by atoms with E-state index in [0.29, 0.717) is 6.54 Å². The smallest absolute Gasteiger partial charge is 0.0543 e. The fraction of sp³-hybridized carbons (Fsp3) is 0.368. The van der Waals surface area contributed by atoms with E-state index in [2.05, 4.69) is 63.2 Å². The minimum Gasteiger partial charge on any atom is -0.395 e. The fourth-order valence-electron chi connectivity index (χ4n) is 2.97. The highest BCUT2D eigenvalue weighted by Gasteiger charge is 2.30. The molecule has 0 aliphatic rings. The highest BCUT2D eigenvalue weighted by atomic mass is 16.3. The van der Waals surface area contributed by atoms with Gasteiger partial charge in [0, 0.05) is 12.0 Å². The minimum atomic E-state index is -0.409. The predicted octanol–water partition coefficient (Wildman–Crippen LogP) is 3.04. The molecule has 0 aromatic heterocycles. The van der Waals surface area contributed by atoms with Gasteiger partial charge in [0.2, 0.25) is 0 Å². The van der Waals surface area contributed by atoms with Crippen LogP contribution < -0.4 is 5.73 Å². The number of benzene rings is 2. The van der Waals surface area contributed by atoms with Gasteiger partial charge < -0.3 is 10.8 Å². The Hall–Kier alpha value is -1.64. The molecule has 1 unspecified atom stereocenters. The first kappa shape index (κ1) is 15.7. The van der Waals surface area contributed by atoms with Crippen LogP contribution in [0, 0.1) is 20.8 Å². The Labute approximate surface area is 127 Å². The topological polar surface area (TPSA) is 46.2 Å². The molecular formula is C19H25NO. The van der Waals surface area contributed by atoms with Gasteiger partial charge >= 0.3 is 0 Å². The second-order valence-corrected chi connectivity index (χ2v) is 6.18. The Morgan fingerprint density at radius 3 is 1.95 bits per heavy atom. The summed E-state index contributed by atoms with van der Waals surface area (Å²) < 4.78 is 0. The predicted molar refractivity (Wildman–Crippen MR) is 88.6 cm³/mol. The highest BCUT2D eigenvalue weighted by molar-refractivity contribution is 5.35. The van der Waals surface area contributed by atoms with Crippen molar-refractivity contribution in [1.29, 1.82) is 0 Å². The Kier molecular flexibility index (Phi) is 4.81. The first-order chi connectivity index (χ1) is 9.99. The Balaban J connectivity index is 2.40. The molecule has 0 saturated heterocycles. The first-order valence-electron chi connectivity index (χ1n) is 7.44. The van der Waals surface area contributed by atoms with Gasteiger partial charge in [0.05, 0.1) is 6.61 Å². The summed E-state index contributed by atoms with van der Waals surface area (Å²) in [6.07, 6.45) is 0.756. The summed E-state index contributed by atoms with van der Waals surface area (Å²) in [7, 11) is 0. The molecule has 2 aromatic rings. The number of aliphatic hydroxyl groups excluding tert-OH is 1. The standard InChI is InChI=1S/C19H25NO/c1-14-4-6-18(7-5-14)19(12-20,13-21)11-17-9-15(2)8-16(3)10-17/h4-10,21H,11-13,20H2,1-3H3. The third kappa shape index (κ3) is 3.52. The van der Waals surface area contributed by atoms with E-state index in [1.165, 1.54) is 22.3 Å². The summed E-state index contributed by atoms with van der Waals surface area (Å²) in [6, 6.07) is 14.9. The molecule has 112 valence electrons. The monoisotopic (exact) mass is 283 g/mol. The molecule has 0 radical (unpaired) electrons. The van der Waals surface area contributed by atoms with E-state index in [1.54, 1.807) is 0 Å². The number of nitrogens with two attached hydrogens (primary N) is 1. The molecule has 0 spiro atoms. The molecule has 2 heteroatoms.